The molecular weight excluding hydrogens is 281 g/mol. The number of halogens is 1. The van der Waals surface area contributed by atoms with Crippen LogP contribution in [0.25, 0.3) is 0 Å². The lowest BCUT2D eigenvalue weighted by Crippen LogP contribution is -2.44. The fourth-order valence-corrected chi connectivity index (χ4v) is 3.62. The molecular formula is C14H22FNO3S. The van der Waals surface area contributed by atoms with Crippen LogP contribution in [0.3, 0.4) is 0 Å². The van der Waals surface area contributed by atoms with Crippen LogP contribution in [-0.2, 0) is 16.6 Å². The molecule has 0 unspecified atom stereocenters. The van der Waals surface area contributed by atoms with E-state index in [1.807, 2.05) is 20.8 Å². The van der Waals surface area contributed by atoms with E-state index in [1.165, 1.54) is 24.3 Å². The van der Waals surface area contributed by atoms with Crippen LogP contribution in [0.5, 0.6) is 0 Å². The monoisotopic (exact) mass is 303 g/mol. The first-order valence-corrected chi connectivity index (χ1v) is 7.91. The normalized spacial score (nSPS) is 13.0. The molecule has 0 saturated carbocycles. The first-order chi connectivity index (χ1) is 9.07. The molecule has 0 amide bonds. The van der Waals surface area contributed by atoms with Crippen molar-refractivity contribution in [3.63, 3.8) is 0 Å². The average molecular weight is 303 g/mol. The van der Waals surface area contributed by atoms with E-state index < -0.39 is 28.0 Å². The third-order valence-electron chi connectivity index (χ3n) is 3.90. The number of rotatable bonds is 5. The van der Waals surface area contributed by atoms with Crippen LogP contribution in [0.2, 0.25) is 0 Å². The molecule has 1 N–H and O–H groups in total. The molecule has 0 bridgehead atoms. The van der Waals surface area contributed by atoms with E-state index in [-0.39, 0.29) is 16.0 Å². The minimum absolute atomic E-state index is 0.0703. The zero-order valence-electron chi connectivity index (χ0n) is 12.6. The molecule has 4 nitrogen and oxygen atoms in total. The highest BCUT2D eigenvalue weighted by molar-refractivity contribution is 7.89. The number of aliphatic hydroxyl groups is 1. The molecule has 1 aromatic rings. The molecule has 0 spiro atoms. The van der Waals surface area contributed by atoms with Gasteiger partial charge in [0, 0.05) is 18.2 Å². The van der Waals surface area contributed by atoms with Crippen molar-refractivity contribution in [2.75, 3.05) is 7.05 Å². The van der Waals surface area contributed by atoms with Crippen LogP contribution in [0.15, 0.2) is 17.0 Å². The van der Waals surface area contributed by atoms with E-state index in [0.29, 0.717) is 6.42 Å². The van der Waals surface area contributed by atoms with Gasteiger partial charge >= 0.3 is 0 Å². The molecule has 0 radical (unpaired) electrons. The highest BCUT2D eigenvalue weighted by Crippen LogP contribution is 2.29. The van der Waals surface area contributed by atoms with Gasteiger partial charge in [-0.2, -0.15) is 4.31 Å². The van der Waals surface area contributed by atoms with E-state index in [0.717, 1.165) is 6.07 Å². The average Bonchev–Trinajstić information content (AvgIpc) is 2.40. The lowest BCUT2D eigenvalue weighted by atomic mass is 10.0. The van der Waals surface area contributed by atoms with Gasteiger partial charge in [0.15, 0.2) is 0 Å². The summed E-state index contributed by atoms with van der Waals surface area (Å²) in [5.74, 6) is -0.627. The fourth-order valence-electron chi connectivity index (χ4n) is 1.76. The van der Waals surface area contributed by atoms with Crippen molar-refractivity contribution in [2.24, 2.45) is 0 Å². The molecule has 0 aromatic heterocycles. The van der Waals surface area contributed by atoms with Crippen molar-refractivity contribution in [1.29, 1.82) is 0 Å². The summed E-state index contributed by atoms with van der Waals surface area (Å²) in [6, 6.07) is 2.48. The number of sulfonamides is 1. The zero-order chi connectivity index (χ0) is 15.7. The van der Waals surface area contributed by atoms with Crippen molar-refractivity contribution in [2.45, 2.75) is 51.2 Å². The molecule has 6 heteroatoms. The fraction of sp³-hybridized carbons (Fsp3) is 0.571. The zero-order valence-corrected chi connectivity index (χ0v) is 13.4. The molecule has 1 rings (SSSR count). The first-order valence-electron chi connectivity index (χ1n) is 6.46. The van der Waals surface area contributed by atoms with Crippen molar-refractivity contribution >= 4 is 10.0 Å². The summed E-state index contributed by atoms with van der Waals surface area (Å²) in [4.78, 5) is -0.0921. The van der Waals surface area contributed by atoms with Crippen molar-refractivity contribution in [3.8, 4) is 0 Å². The van der Waals surface area contributed by atoms with E-state index >= 15 is 0 Å². The maximum Gasteiger partial charge on any atom is 0.243 e. The van der Waals surface area contributed by atoms with Gasteiger partial charge in [0.2, 0.25) is 10.0 Å². The maximum absolute atomic E-state index is 13.8. The maximum atomic E-state index is 13.8. The lowest BCUT2D eigenvalue weighted by Gasteiger charge is -2.34. The Kier molecular flexibility index (Phi) is 4.94. The Balaban J connectivity index is 3.47. The van der Waals surface area contributed by atoms with Crippen LogP contribution in [0.4, 0.5) is 4.39 Å². The molecule has 0 saturated heterocycles. The summed E-state index contributed by atoms with van der Waals surface area (Å²) in [7, 11) is -2.32. The quantitative estimate of drug-likeness (QED) is 0.909. The van der Waals surface area contributed by atoms with Gasteiger partial charge < -0.3 is 5.11 Å². The topological polar surface area (TPSA) is 57.6 Å². The summed E-state index contributed by atoms with van der Waals surface area (Å²) < 4.78 is 40.4. The number of hydrogen-bond donors (Lipinski definition) is 1. The van der Waals surface area contributed by atoms with E-state index in [9.17, 15) is 12.8 Å². The van der Waals surface area contributed by atoms with Gasteiger partial charge in [0.25, 0.3) is 0 Å². The van der Waals surface area contributed by atoms with Gasteiger partial charge in [0.1, 0.15) is 5.82 Å². The predicted octanol–water partition coefficient (Wildman–Crippen LogP) is 2.44. The first kappa shape index (κ1) is 17.1. The van der Waals surface area contributed by atoms with E-state index in [4.69, 9.17) is 5.11 Å². The van der Waals surface area contributed by atoms with E-state index in [2.05, 4.69) is 0 Å². The SMILES string of the molecule is CCC(C)(C)N(C)S(=O)(=O)c1cc(CO)cc(F)c1C. The Labute approximate surface area is 120 Å². The van der Waals surface area contributed by atoms with Crippen molar-refractivity contribution in [3.05, 3.63) is 29.1 Å². The second kappa shape index (κ2) is 5.79. The number of aliphatic hydroxyl groups excluding tert-OH is 1. The number of benzene rings is 1. The largest absolute Gasteiger partial charge is 0.392 e. The van der Waals surface area contributed by atoms with Gasteiger partial charge in [-0.1, -0.05) is 6.92 Å². The predicted molar refractivity (Wildman–Crippen MR) is 76.4 cm³/mol. The lowest BCUT2D eigenvalue weighted by molar-refractivity contribution is 0.256. The van der Waals surface area contributed by atoms with Crippen LogP contribution < -0.4 is 0 Å². The van der Waals surface area contributed by atoms with Crippen LogP contribution in [-0.4, -0.2) is 30.4 Å². The molecule has 114 valence electrons. The molecule has 20 heavy (non-hydrogen) atoms. The second-order valence-corrected chi connectivity index (χ2v) is 7.44. The molecule has 0 aliphatic carbocycles. The van der Waals surface area contributed by atoms with Gasteiger partial charge in [-0.3, -0.25) is 0 Å². The number of hydrogen-bond acceptors (Lipinski definition) is 3. The molecule has 0 aliphatic heterocycles. The second-order valence-electron chi connectivity index (χ2n) is 5.50. The Morgan fingerprint density at radius 3 is 2.35 bits per heavy atom. The van der Waals surface area contributed by atoms with Gasteiger partial charge in [-0.15, -0.1) is 0 Å². The Bertz CT molecular complexity index is 597. The highest BCUT2D eigenvalue weighted by Gasteiger charge is 2.34. The van der Waals surface area contributed by atoms with E-state index in [1.54, 1.807) is 0 Å². The Morgan fingerprint density at radius 1 is 1.35 bits per heavy atom. The number of nitrogens with zero attached hydrogens (tertiary/aromatic N) is 1. The van der Waals surface area contributed by atoms with Crippen LogP contribution >= 0.6 is 0 Å². The summed E-state index contributed by atoms with van der Waals surface area (Å²) in [5, 5.41) is 9.11. The molecule has 0 fully saturated rings. The minimum atomic E-state index is -3.81. The summed E-state index contributed by atoms with van der Waals surface area (Å²) >= 11 is 0. The molecule has 0 atom stereocenters. The van der Waals surface area contributed by atoms with Crippen LogP contribution in [0.1, 0.15) is 38.3 Å². The smallest absolute Gasteiger partial charge is 0.243 e. The Morgan fingerprint density at radius 2 is 1.90 bits per heavy atom. The third-order valence-corrected chi connectivity index (χ3v) is 6.09. The minimum Gasteiger partial charge on any atom is -0.392 e. The van der Waals surface area contributed by atoms with Crippen molar-refractivity contribution in [1.82, 2.24) is 4.31 Å². The summed E-state index contributed by atoms with van der Waals surface area (Å²) in [6.07, 6.45) is 0.629. The molecule has 1 aromatic carbocycles. The Hall–Kier alpha value is -0.980. The van der Waals surface area contributed by atoms with Crippen LogP contribution in [0, 0.1) is 12.7 Å². The standard InChI is InChI=1S/C14H22FNO3S/c1-6-14(3,4)16(5)20(18,19)13-8-11(9-17)7-12(15)10(13)2/h7-8,17H,6,9H2,1-5H3. The van der Waals surface area contributed by atoms with Gasteiger partial charge in [0.05, 0.1) is 11.5 Å². The van der Waals surface area contributed by atoms with Gasteiger partial charge in [-0.25, -0.2) is 12.8 Å². The third kappa shape index (κ3) is 3.02. The van der Waals surface area contributed by atoms with Gasteiger partial charge in [-0.05, 0) is 44.9 Å². The molecule has 0 aliphatic rings. The van der Waals surface area contributed by atoms with Crippen molar-refractivity contribution < 1.29 is 17.9 Å². The molecule has 0 heterocycles. The highest BCUT2D eigenvalue weighted by atomic mass is 32.2. The summed E-state index contributed by atoms with van der Waals surface area (Å²) in [5.41, 5.74) is -0.257. The summed E-state index contributed by atoms with van der Waals surface area (Å²) in [6.45, 7) is 6.54.